The van der Waals surface area contributed by atoms with E-state index in [0.717, 1.165) is 24.7 Å². The minimum absolute atomic E-state index is 0.149. The van der Waals surface area contributed by atoms with Gasteiger partial charge in [-0.05, 0) is 25.8 Å². The molecular weight excluding hydrogens is 196 g/mol. The van der Waals surface area contributed by atoms with E-state index < -0.39 is 0 Å². The Morgan fingerprint density at radius 2 is 2.71 bits per heavy atom. The second-order valence-corrected chi connectivity index (χ2v) is 4.63. The van der Waals surface area contributed by atoms with E-state index in [2.05, 4.69) is 17.2 Å². The number of nitrogens with zero attached hydrogens (tertiary/aromatic N) is 1. The van der Waals surface area contributed by atoms with Gasteiger partial charge in [-0.25, -0.2) is 4.98 Å². The molecule has 0 unspecified atom stereocenters. The highest BCUT2D eigenvalue weighted by Gasteiger charge is 2.16. The van der Waals surface area contributed by atoms with Gasteiger partial charge in [0.25, 0.3) is 0 Å². The Hall–Kier alpha value is -0.450. The molecule has 0 saturated carbocycles. The topological polar surface area (TPSA) is 34.1 Å². The van der Waals surface area contributed by atoms with Crippen molar-refractivity contribution in [2.24, 2.45) is 5.92 Å². The second kappa shape index (κ2) is 4.87. The molecule has 1 aromatic heterocycles. The summed E-state index contributed by atoms with van der Waals surface area (Å²) < 4.78 is 5.78. The molecule has 4 heteroatoms. The summed E-state index contributed by atoms with van der Waals surface area (Å²) in [6, 6.07) is 0. The van der Waals surface area contributed by atoms with Gasteiger partial charge in [0.15, 0.2) is 0 Å². The fourth-order valence-corrected chi connectivity index (χ4v) is 2.29. The highest BCUT2D eigenvalue weighted by molar-refractivity contribution is 7.09. The minimum atomic E-state index is 0.149. The first-order chi connectivity index (χ1) is 6.86. The predicted octanol–water partition coefficient (Wildman–Crippen LogP) is 1.83. The van der Waals surface area contributed by atoms with Gasteiger partial charge in [0.1, 0.15) is 11.1 Å². The van der Waals surface area contributed by atoms with Crippen molar-refractivity contribution < 1.29 is 4.74 Å². The number of hydrogen-bond acceptors (Lipinski definition) is 4. The molecule has 0 aromatic carbocycles. The van der Waals surface area contributed by atoms with Crippen LogP contribution in [-0.4, -0.2) is 24.7 Å². The molecule has 78 valence electrons. The normalized spacial score (nSPS) is 23.9. The lowest BCUT2D eigenvalue weighted by Crippen LogP contribution is -2.15. The zero-order valence-electron chi connectivity index (χ0n) is 8.40. The zero-order valence-corrected chi connectivity index (χ0v) is 9.22. The summed E-state index contributed by atoms with van der Waals surface area (Å²) >= 11 is 1.66. The van der Waals surface area contributed by atoms with Crippen molar-refractivity contribution >= 4 is 11.3 Å². The summed E-state index contributed by atoms with van der Waals surface area (Å²) in [4.78, 5) is 4.24. The quantitative estimate of drug-likeness (QED) is 0.827. The molecule has 0 spiro atoms. The molecule has 1 N–H and O–H groups in total. The third kappa shape index (κ3) is 2.53. The lowest BCUT2D eigenvalue weighted by atomic mass is 10.1. The van der Waals surface area contributed by atoms with Crippen LogP contribution >= 0.6 is 11.3 Å². The van der Waals surface area contributed by atoms with Gasteiger partial charge in [0.2, 0.25) is 0 Å². The summed E-state index contributed by atoms with van der Waals surface area (Å²) in [6.45, 7) is 5.17. The van der Waals surface area contributed by atoms with E-state index in [-0.39, 0.29) is 6.10 Å². The van der Waals surface area contributed by atoms with E-state index in [0.29, 0.717) is 5.92 Å². The van der Waals surface area contributed by atoms with Gasteiger partial charge in [-0.2, -0.15) is 0 Å². The van der Waals surface area contributed by atoms with E-state index in [1.54, 1.807) is 11.3 Å². The van der Waals surface area contributed by atoms with Crippen LogP contribution < -0.4 is 5.32 Å². The van der Waals surface area contributed by atoms with Crippen LogP contribution in [0.2, 0.25) is 0 Å². The Labute approximate surface area is 88.5 Å². The fourth-order valence-electron chi connectivity index (χ4n) is 1.64. The summed E-state index contributed by atoms with van der Waals surface area (Å²) in [7, 11) is 0. The summed E-state index contributed by atoms with van der Waals surface area (Å²) in [5.74, 6) is 0.692. The lowest BCUT2D eigenvalue weighted by molar-refractivity contribution is 0.0434. The summed E-state index contributed by atoms with van der Waals surface area (Å²) in [5.41, 5.74) is 0. The van der Waals surface area contributed by atoms with Crippen LogP contribution in [-0.2, 0) is 4.74 Å². The molecule has 1 fully saturated rings. The maximum Gasteiger partial charge on any atom is 0.121 e. The predicted molar refractivity (Wildman–Crippen MR) is 57.5 cm³/mol. The van der Waals surface area contributed by atoms with Crippen LogP contribution in [0.5, 0.6) is 0 Å². The largest absolute Gasteiger partial charge is 0.371 e. The third-order valence-corrected chi connectivity index (χ3v) is 3.48. The van der Waals surface area contributed by atoms with Crippen molar-refractivity contribution in [1.82, 2.24) is 10.3 Å². The SMILES string of the molecule is C[C@@H](OC[C@@H]1CCNC1)c1nccs1. The molecule has 14 heavy (non-hydrogen) atoms. The van der Waals surface area contributed by atoms with Crippen molar-refractivity contribution in [1.29, 1.82) is 0 Å². The number of thiazole rings is 1. The molecule has 0 aliphatic carbocycles. The highest BCUT2D eigenvalue weighted by Crippen LogP contribution is 2.20. The summed E-state index contributed by atoms with van der Waals surface area (Å²) in [5, 5.41) is 6.41. The smallest absolute Gasteiger partial charge is 0.121 e. The van der Waals surface area contributed by atoms with Gasteiger partial charge in [-0.3, -0.25) is 0 Å². The first kappa shape index (κ1) is 10.1. The number of nitrogens with one attached hydrogen (secondary N) is 1. The van der Waals surface area contributed by atoms with Crippen LogP contribution in [0, 0.1) is 5.92 Å². The van der Waals surface area contributed by atoms with E-state index in [4.69, 9.17) is 4.74 Å². The lowest BCUT2D eigenvalue weighted by Gasteiger charge is -2.13. The van der Waals surface area contributed by atoms with Crippen molar-refractivity contribution in [2.45, 2.75) is 19.4 Å². The molecule has 1 saturated heterocycles. The number of aromatic nitrogens is 1. The van der Waals surface area contributed by atoms with Gasteiger partial charge in [-0.15, -0.1) is 11.3 Å². The Balaban J connectivity index is 1.74. The van der Waals surface area contributed by atoms with Crippen molar-refractivity contribution in [3.8, 4) is 0 Å². The molecular formula is C10H16N2OS. The highest BCUT2D eigenvalue weighted by atomic mass is 32.1. The van der Waals surface area contributed by atoms with Gasteiger partial charge in [0.05, 0.1) is 6.61 Å². The fraction of sp³-hybridized carbons (Fsp3) is 0.700. The maximum atomic E-state index is 5.78. The Morgan fingerprint density at radius 1 is 1.79 bits per heavy atom. The van der Waals surface area contributed by atoms with Gasteiger partial charge in [-0.1, -0.05) is 0 Å². The third-order valence-electron chi connectivity index (χ3n) is 2.54. The van der Waals surface area contributed by atoms with Gasteiger partial charge in [0, 0.05) is 18.1 Å². The van der Waals surface area contributed by atoms with Crippen molar-refractivity contribution in [2.75, 3.05) is 19.7 Å². The molecule has 3 nitrogen and oxygen atoms in total. The Kier molecular flexibility index (Phi) is 3.50. The monoisotopic (exact) mass is 212 g/mol. The molecule has 0 amide bonds. The average Bonchev–Trinajstić information content (AvgIpc) is 2.87. The van der Waals surface area contributed by atoms with E-state index in [9.17, 15) is 0 Å². The van der Waals surface area contributed by atoms with Crippen LogP contribution in [0.3, 0.4) is 0 Å². The first-order valence-corrected chi connectivity index (χ1v) is 5.96. The first-order valence-electron chi connectivity index (χ1n) is 5.08. The molecule has 2 rings (SSSR count). The molecule has 0 bridgehead atoms. The molecule has 1 aliphatic rings. The zero-order chi connectivity index (χ0) is 9.80. The van der Waals surface area contributed by atoms with E-state index in [1.165, 1.54) is 6.42 Å². The maximum absolute atomic E-state index is 5.78. The van der Waals surface area contributed by atoms with E-state index in [1.807, 2.05) is 11.6 Å². The Bertz CT molecular complexity index is 257. The summed E-state index contributed by atoms with van der Waals surface area (Å²) in [6.07, 6.45) is 3.22. The Morgan fingerprint density at radius 3 is 3.36 bits per heavy atom. The van der Waals surface area contributed by atoms with Gasteiger partial charge < -0.3 is 10.1 Å². The minimum Gasteiger partial charge on any atom is -0.371 e. The molecule has 2 heterocycles. The van der Waals surface area contributed by atoms with E-state index >= 15 is 0 Å². The van der Waals surface area contributed by atoms with Crippen molar-refractivity contribution in [3.05, 3.63) is 16.6 Å². The number of rotatable bonds is 4. The van der Waals surface area contributed by atoms with Crippen LogP contribution in [0.15, 0.2) is 11.6 Å². The average molecular weight is 212 g/mol. The number of ether oxygens (including phenoxy) is 1. The second-order valence-electron chi connectivity index (χ2n) is 3.70. The standard InChI is InChI=1S/C10H16N2OS/c1-8(10-12-4-5-14-10)13-7-9-2-3-11-6-9/h4-5,8-9,11H,2-3,6-7H2,1H3/t8-,9-/m1/s1. The van der Waals surface area contributed by atoms with Crippen LogP contribution in [0.1, 0.15) is 24.5 Å². The van der Waals surface area contributed by atoms with Crippen LogP contribution in [0.25, 0.3) is 0 Å². The van der Waals surface area contributed by atoms with Crippen LogP contribution in [0.4, 0.5) is 0 Å². The molecule has 2 atom stereocenters. The van der Waals surface area contributed by atoms with Crippen molar-refractivity contribution in [3.63, 3.8) is 0 Å². The number of hydrogen-bond donors (Lipinski definition) is 1. The molecule has 0 radical (unpaired) electrons. The molecule has 1 aromatic rings. The molecule has 1 aliphatic heterocycles. The van der Waals surface area contributed by atoms with Gasteiger partial charge >= 0.3 is 0 Å².